The molecule has 0 bridgehead atoms. The van der Waals surface area contributed by atoms with E-state index in [1.54, 1.807) is 18.2 Å². The zero-order valence-corrected chi connectivity index (χ0v) is 7.14. The maximum absolute atomic E-state index is 10.5. The van der Waals surface area contributed by atoms with E-state index in [-0.39, 0.29) is 6.42 Å². The molecule has 12 heavy (non-hydrogen) atoms. The Kier molecular flexibility index (Phi) is 2.55. The Morgan fingerprint density at radius 2 is 2.17 bits per heavy atom. The number of hydrogen-bond donors (Lipinski definition) is 2. The maximum Gasteiger partial charge on any atom is 0.221 e. The zero-order valence-electron chi connectivity index (χ0n) is 6.38. The van der Waals surface area contributed by atoms with E-state index in [0.29, 0.717) is 16.3 Å². The van der Waals surface area contributed by atoms with Gasteiger partial charge < -0.3 is 11.5 Å². The van der Waals surface area contributed by atoms with Crippen LogP contribution in [0.1, 0.15) is 5.56 Å². The lowest BCUT2D eigenvalue weighted by Crippen LogP contribution is -2.14. The number of amides is 1. The molecule has 64 valence electrons. The van der Waals surface area contributed by atoms with Gasteiger partial charge in [0.25, 0.3) is 0 Å². The van der Waals surface area contributed by atoms with Gasteiger partial charge >= 0.3 is 0 Å². The van der Waals surface area contributed by atoms with Crippen LogP contribution < -0.4 is 11.5 Å². The van der Waals surface area contributed by atoms with Crippen LogP contribution >= 0.6 is 11.6 Å². The predicted octanol–water partition coefficient (Wildman–Crippen LogP) is 0.950. The molecule has 4 heteroatoms. The monoisotopic (exact) mass is 184 g/mol. The summed E-state index contributed by atoms with van der Waals surface area (Å²) in [5, 5.41) is 0.556. The second kappa shape index (κ2) is 3.45. The quantitative estimate of drug-likeness (QED) is 0.672. The van der Waals surface area contributed by atoms with Crippen LogP contribution in [0.3, 0.4) is 0 Å². The number of primary amides is 1. The summed E-state index contributed by atoms with van der Waals surface area (Å²) in [5.74, 6) is -0.399. The molecule has 0 aliphatic heterocycles. The smallest absolute Gasteiger partial charge is 0.221 e. The lowest BCUT2D eigenvalue weighted by molar-refractivity contribution is -0.117. The van der Waals surface area contributed by atoms with Crippen molar-refractivity contribution < 1.29 is 4.79 Å². The highest BCUT2D eigenvalue weighted by Crippen LogP contribution is 2.17. The van der Waals surface area contributed by atoms with Gasteiger partial charge in [-0.15, -0.1) is 0 Å². The average Bonchev–Trinajstić information content (AvgIpc) is 1.94. The Morgan fingerprint density at radius 1 is 1.50 bits per heavy atom. The lowest BCUT2D eigenvalue weighted by Gasteiger charge is -2.02. The van der Waals surface area contributed by atoms with Crippen molar-refractivity contribution in [1.82, 2.24) is 0 Å². The van der Waals surface area contributed by atoms with Crippen LogP contribution in [0.15, 0.2) is 18.2 Å². The van der Waals surface area contributed by atoms with Gasteiger partial charge in [-0.05, 0) is 17.7 Å². The first kappa shape index (κ1) is 8.87. The summed E-state index contributed by atoms with van der Waals surface area (Å²) in [6.07, 6.45) is 0.156. The predicted molar refractivity (Wildman–Crippen MR) is 48.8 cm³/mol. The molecule has 1 aromatic carbocycles. The van der Waals surface area contributed by atoms with Crippen molar-refractivity contribution in [2.75, 3.05) is 5.73 Å². The molecule has 1 aromatic rings. The third-order valence-electron chi connectivity index (χ3n) is 1.47. The van der Waals surface area contributed by atoms with E-state index in [1.165, 1.54) is 0 Å². The van der Waals surface area contributed by atoms with Gasteiger partial charge in [-0.2, -0.15) is 0 Å². The molecule has 0 aliphatic rings. The molecule has 0 spiro atoms. The molecule has 0 atom stereocenters. The molecule has 0 saturated heterocycles. The molecule has 3 nitrogen and oxygen atoms in total. The molecular formula is C8H9ClN2O. The molecule has 0 saturated carbocycles. The number of rotatable bonds is 2. The molecule has 1 rings (SSSR count). The summed E-state index contributed by atoms with van der Waals surface area (Å²) in [6.45, 7) is 0. The number of halogens is 1. The van der Waals surface area contributed by atoms with Gasteiger partial charge in [0.2, 0.25) is 5.91 Å². The zero-order chi connectivity index (χ0) is 9.14. The van der Waals surface area contributed by atoms with Gasteiger partial charge in [0.05, 0.1) is 6.42 Å². The summed E-state index contributed by atoms with van der Waals surface area (Å²) in [5.41, 5.74) is 11.8. The fourth-order valence-corrected chi connectivity index (χ4v) is 1.10. The Balaban J connectivity index is 2.93. The lowest BCUT2D eigenvalue weighted by atomic mass is 10.1. The third-order valence-corrected chi connectivity index (χ3v) is 1.71. The largest absolute Gasteiger partial charge is 0.398 e. The summed E-state index contributed by atoms with van der Waals surface area (Å²) >= 11 is 5.66. The first-order valence-corrected chi connectivity index (χ1v) is 3.79. The van der Waals surface area contributed by atoms with E-state index in [0.717, 1.165) is 0 Å². The van der Waals surface area contributed by atoms with Crippen molar-refractivity contribution in [2.24, 2.45) is 5.73 Å². The standard InChI is InChI=1S/C8H9ClN2O/c9-6-2-1-5(3-8(11)12)7(10)4-6/h1-2,4H,3,10H2,(H2,11,12). The first-order valence-electron chi connectivity index (χ1n) is 3.42. The fraction of sp³-hybridized carbons (Fsp3) is 0.125. The van der Waals surface area contributed by atoms with Crippen molar-refractivity contribution in [3.05, 3.63) is 28.8 Å². The van der Waals surface area contributed by atoms with Gasteiger partial charge in [0.15, 0.2) is 0 Å². The van der Waals surface area contributed by atoms with Crippen molar-refractivity contribution >= 4 is 23.2 Å². The minimum absolute atomic E-state index is 0.156. The molecule has 0 aromatic heterocycles. The van der Waals surface area contributed by atoms with Crippen LogP contribution in [0, 0.1) is 0 Å². The first-order chi connectivity index (χ1) is 5.59. The van der Waals surface area contributed by atoms with E-state index in [2.05, 4.69) is 0 Å². The highest BCUT2D eigenvalue weighted by atomic mass is 35.5. The minimum atomic E-state index is -0.399. The Hall–Kier alpha value is -1.22. The summed E-state index contributed by atoms with van der Waals surface area (Å²) in [6, 6.07) is 4.97. The average molecular weight is 185 g/mol. The molecule has 0 fully saturated rings. The number of anilines is 1. The van der Waals surface area contributed by atoms with Crippen LogP contribution in [-0.4, -0.2) is 5.91 Å². The number of carbonyl (C=O) groups excluding carboxylic acids is 1. The molecule has 0 aliphatic carbocycles. The van der Waals surface area contributed by atoms with Crippen molar-refractivity contribution in [3.8, 4) is 0 Å². The summed E-state index contributed by atoms with van der Waals surface area (Å²) < 4.78 is 0. The maximum atomic E-state index is 10.5. The minimum Gasteiger partial charge on any atom is -0.398 e. The van der Waals surface area contributed by atoms with Gasteiger partial charge in [-0.25, -0.2) is 0 Å². The number of carbonyl (C=O) groups is 1. The van der Waals surface area contributed by atoms with E-state index < -0.39 is 5.91 Å². The highest BCUT2D eigenvalue weighted by Gasteiger charge is 2.02. The molecule has 0 heterocycles. The van der Waals surface area contributed by atoms with Gasteiger partial charge in [0.1, 0.15) is 0 Å². The fourth-order valence-electron chi connectivity index (χ4n) is 0.914. The number of nitrogens with two attached hydrogens (primary N) is 2. The number of nitrogen functional groups attached to an aromatic ring is 1. The van der Waals surface area contributed by atoms with Crippen LogP contribution in [-0.2, 0) is 11.2 Å². The second-order valence-corrected chi connectivity index (χ2v) is 2.92. The topological polar surface area (TPSA) is 69.1 Å². The Bertz CT molecular complexity index is 312. The van der Waals surface area contributed by atoms with Crippen molar-refractivity contribution in [2.45, 2.75) is 6.42 Å². The number of hydrogen-bond acceptors (Lipinski definition) is 2. The van der Waals surface area contributed by atoms with Crippen LogP contribution in [0.2, 0.25) is 5.02 Å². The normalized spacial score (nSPS) is 9.75. The molecule has 1 amide bonds. The van der Waals surface area contributed by atoms with Gasteiger partial charge in [-0.3, -0.25) is 4.79 Å². The Labute approximate surface area is 75.3 Å². The molecule has 0 radical (unpaired) electrons. The van der Waals surface area contributed by atoms with E-state index >= 15 is 0 Å². The highest BCUT2D eigenvalue weighted by molar-refractivity contribution is 6.30. The van der Waals surface area contributed by atoms with Crippen molar-refractivity contribution in [1.29, 1.82) is 0 Å². The SMILES string of the molecule is NC(=O)Cc1ccc(Cl)cc1N. The van der Waals surface area contributed by atoms with Crippen LogP contribution in [0.25, 0.3) is 0 Å². The second-order valence-electron chi connectivity index (χ2n) is 2.49. The van der Waals surface area contributed by atoms with Crippen LogP contribution in [0.4, 0.5) is 5.69 Å². The van der Waals surface area contributed by atoms with E-state index in [1.807, 2.05) is 0 Å². The number of benzene rings is 1. The molecule has 0 unspecified atom stereocenters. The molecule has 4 N–H and O–H groups in total. The van der Waals surface area contributed by atoms with Crippen LogP contribution in [0.5, 0.6) is 0 Å². The third kappa shape index (κ3) is 2.13. The summed E-state index contributed by atoms with van der Waals surface area (Å²) in [4.78, 5) is 10.5. The summed E-state index contributed by atoms with van der Waals surface area (Å²) in [7, 11) is 0. The van der Waals surface area contributed by atoms with Gasteiger partial charge in [-0.1, -0.05) is 17.7 Å². The van der Waals surface area contributed by atoms with Crippen molar-refractivity contribution in [3.63, 3.8) is 0 Å². The van der Waals surface area contributed by atoms with E-state index in [4.69, 9.17) is 23.1 Å². The van der Waals surface area contributed by atoms with E-state index in [9.17, 15) is 4.79 Å². The Morgan fingerprint density at radius 3 is 2.67 bits per heavy atom. The van der Waals surface area contributed by atoms with Gasteiger partial charge in [0, 0.05) is 10.7 Å². The molecular weight excluding hydrogens is 176 g/mol.